The number of carboxylic acid groups (broad SMARTS) is 1. The average Bonchev–Trinajstić information content (AvgIpc) is 3.41. The lowest BCUT2D eigenvalue weighted by atomic mass is 9.77. The van der Waals surface area contributed by atoms with Crippen molar-refractivity contribution in [1.82, 2.24) is 4.90 Å². The first kappa shape index (κ1) is 39.5. The number of hydrogen-bond donors (Lipinski definition) is 2. The van der Waals surface area contributed by atoms with Gasteiger partial charge in [-0.2, -0.15) is 0 Å². The lowest BCUT2D eigenvalue weighted by Gasteiger charge is -2.41. The molecule has 8 heteroatoms. The van der Waals surface area contributed by atoms with Crippen molar-refractivity contribution in [2.24, 2.45) is 11.8 Å². The maximum atomic E-state index is 14.6. The Morgan fingerprint density at radius 2 is 1.42 bits per heavy atom. The third kappa shape index (κ3) is 9.82. The Morgan fingerprint density at radius 1 is 0.875 bits per heavy atom. The maximum absolute atomic E-state index is 14.6. The van der Waals surface area contributed by atoms with Crippen LogP contribution in [0.15, 0.2) is 72.8 Å². The Balaban J connectivity index is 1.80. The molecule has 0 spiro atoms. The van der Waals surface area contributed by atoms with E-state index in [1.54, 1.807) is 13.0 Å². The lowest BCUT2D eigenvalue weighted by molar-refractivity contribution is -0.169. The number of allylic oxidation sites excluding steroid dienone is 1. The molecule has 1 fully saturated rings. The molecule has 2 aromatic carbocycles. The van der Waals surface area contributed by atoms with Crippen LogP contribution in [0.3, 0.4) is 0 Å². The highest BCUT2D eigenvalue weighted by Gasteiger charge is 2.60. The summed E-state index contributed by atoms with van der Waals surface area (Å²) in [6.45, 7) is 9.52. The minimum Gasteiger partial charge on any atom is -0.479 e. The van der Waals surface area contributed by atoms with Gasteiger partial charge in [-0.1, -0.05) is 145 Å². The SMILES string of the molecule is CCCCCCCOCCCCCCC=CC(C(=O)N1C(=O)SC(c2ccccc2)(c2ccccc2)C1C(C)C)C(O)(CCC)C(=O)O. The minimum atomic E-state index is -2.35. The van der Waals surface area contributed by atoms with Crippen LogP contribution < -0.4 is 0 Å². The average molecular weight is 680 g/mol. The molecule has 2 aromatic rings. The fraction of sp³-hybridized carbons (Fsp3) is 0.575. The van der Waals surface area contributed by atoms with Crippen LogP contribution in [0.4, 0.5) is 4.79 Å². The van der Waals surface area contributed by atoms with E-state index in [1.165, 1.54) is 36.7 Å². The number of carboxylic acids is 1. The summed E-state index contributed by atoms with van der Waals surface area (Å²) in [6.07, 6.45) is 14.2. The first-order valence-corrected chi connectivity index (χ1v) is 18.8. The Bertz CT molecular complexity index is 1260. The van der Waals surface area contributed by atoms with Crippen molar-refractivity contribution < 1.29 is 29.3 Å². The van der Waals surface area contributed by atoms with E-state index in [0.29, 0.717) is 12.8 Å². The second-order valence-electron chi connectivity index (χ2n) is 13.3. The quantitative estimate of drug-likeness (QED) is 0.0944. The van der Waals surface area contributed by atoms with E-state index < -0.39 is 39.4 Å². The number of amides is 2. The van der Waals surface area contributed by atoms with Crippen molar-refractivity contribution in [3.8, 4) is 0 Å². The van der Waals surface area contributed by atoms with Crippen molar-refractivity contribution in [3.63, 3.8) is 0 Å². The van der Waals surface area contributed by atoms with E-state index in [-0.39, 0.29) is 12.3 Å². The van der Waals surface area contributed by atoms with Gasteiger partial charge in [-0.15, -0.1) is 0 Å². The third-order valence-electron chi connectivity index (χ3n) is 9.33. The number of rotatable bonds is 22. The molecule has 0 saturated carbocycles. The second kappa shape index (κ2) is 19.9. The molecule has 0 aliphatic carbocycles. The highest BCUT2D eigenvalue weighted by molar-refractivity contribution is 8.15. The summed E-state index contributed by atoms with van der Waals surface area (Å²) >= 11 is 1.09. The van der Waals surface area contributed by atoms with Gasteiger partial charge in [0.15, 0.2) is 5.60 Å². The summed E-state index contributed by atoms with van der Waals surface area (Å²) in [7, 11) is 0. The van der Waals surface area contributed by atoms with Gasteiger partial charge in [0.1, 0.15) is 0 Å². The lowest BCUT2D eigenvalue weighted by Crippen LogP contribution is -2.56. The summed E-state index contributed by atoms with van der Waals surface area (Å²) in [5.41, 5.74) is -0.585. The molecular formula is C40H57NO6S. The molecule has 0 radical (unpaired) electrons. The molecule has 0 aromatic heterocycles. The van der Waals surface area contributed by atoms with E-state index in [9.17, 15) is 24.6 Å². The van der Waals surface area contributed by atoms with Crippen LogP contribution >= 0.6 is 11.8 Å². The van der Waals surface area contributed by atoms with Gasteiger partial charge < -0.3 is 14.9 Å². The minimum absolute atomic E-state index is 0.119. The molecule has 264 valence electrons. The normalized spacial score (nSPS) is 18.0. The number of ether oxygens (including phenoxy) is 1. The first-order valence-electron chi connectivity index (χ1n) is 18.0. The Kier molecular flexibility index (Phi) is 16.4. The van der Waals surface area contributed by atoms with Crippen molar-refractivity contribution in [2.75, 3.05) is 13.2 Å². The van der Waals surface area contributed by atoms with E-state index >= 15 is 0 Å². The van der Waals surface area contributed by atoms with Gasteiger partial charge >= 0.3 is 5.97 Å². The van der Waals surface area contributed by atoms with E-state index in [1.807, 2.05) is 74.5 Å². The largest absolute Gasteiger partial charge is 0.479 e. The summed E-state index contributed by atoms with van der Waals surface area (Å²) in [4.78, 5) is 42.6. The van der Waals surface area contributed by atoms with Crippen molar-refractivity contribution in [3.05, 3.63) is 83.9 Å². The summed E-state index contributed by atoms with van der Waals surface area (Å²) in [5, 5.41) is 21.5. The number of carbonyl (C=O) groups excluding carboxylic acids is 2. The van der Waals surface area contributed by atoms with Crippen LogP contribution in [0.25, 0.3) is 0 Å². The van der Waals surface area contributed by atoms with Gasteiger partial charge in [0, 0.05) is 13.2 Å². The van der Waals surface area contributed by atoms with Crippen molar-refractivity contribution >= 4 is 28.9 Å². The number of hydrogen-bond acceptors (Lipinski definition) is 6. The van der Waals surface area contributed by atoms with Crippen molar-refractivity contribution in [2.45, 2.75) is 121 Å². The number of carbonyl (C=O) groups is 3. The molecule has 1 aliphatic rings. The number of thioether (sulfide) groups is 1. The number of nitrogens with zero attached hydrogens (tertiary/aromatic N) is 1. The Labute approximate surface area is 292 Å². The highest BCUT2D eigenvalue weighted by Crippen LogP contribution is 2.56. The van der Waals surface area contributed by atoms with Gasteiger partial charge in [-0.05, 0) is 60.9 Å². The Morgan fingerprint density at radius 3 is 1.92 bits per heavy atom. The van der Waals surface area contributed by atoms with E-state index in [2.05, 4.69) is 6.92 Å². The number of benzene rings is 2. The highest BCUT2D eigenvalue weighted by atomic mass is 32.2. The third-order valence-corrected chi connectivity index (χ3v) is 10.7. The summed E-state index contributed by atoms with van der Waals surface area (Å²) < 4.78 is 4.85. The number of imide groups is 1. The van der Waals surface area contributed by atoms with Crippen LogP contribution in [0.1, 0.15) is 116 Å². The molecule has 0 bridgehead atoms. The maximum Gasteiger partial charge on any atom is 0.336 e. The van der Waals surface area contributed by atoms with Crippen molar-refractivity contribution in [1.29, 1.82) is 0 Å². The molecule has 48 heavy (non-hydrogen) atoms. The fourth-order valence-corrected chi connectivity index (χ4v) is 8.45. The first-order chi connectivity index (χ1) is 23.1. The predicted octanol–water partition coefficient (Wildman–Crippen LogP) is 9.38. The van der Waals surface area contributed by atoms with Crippen LogP contribution in [0.2, 0.25) is 0 Å². The zero-order valence-corrected chi connectivity index (χ0v) is 30.3. The number of aliphatic hydroxyl groups is 1. The second-order valence-corrected chi connectivity index (χ2v) is 14.5. The number of unbranched alkanes of at least 4 members (excludes halogenated alkanes) is 8. The number of aliphatic carboxylic acids is 1. The molecular weight excluding hydrogens is 623 g/mol. The molecule has 1 aliphatic heterocycles. The molecule has 7 nitrogen and oxygen atoms in total. The molecule has 2 amide bonds. The Hall–Kier alpha value is -2.94. The van der Waals surface area contributed by atoms with Crippen LogP contribution in [-0.2, 0) is 19.1 Å². The van der Waals surface area contributed by atoms with Gasteiger partial charge in [0.05, 0.1) is 16.7 Å². The molecule has 3 rings (SSSR count). The summed E-state index contributed by atoms with van der Waals surface area (Å²) in [6, 6.07) is 18.8. The summed E-state index contributed by atoms with van der Waals surface area (Å²) in [5.74, 6) is -3.74. The zero-order valence-electron chi connectivity index (χ0n) is 29.4. The topological polar surface area (TPSA) is 104 Å². The molecule has 3 atom stereocenters. The molecule has 1 saturated heterocycles. The monoisotopic (exact) mass is 679 g/mol. The zero-order chi connectivity index (χ0) is 35.0. The molecule has 3 unspecified atom stereocenters. The van der Waals surface area contributed by atoms with E-state index in [4.69, 9.17) is 4.74 Å². The van der Waals surface area contributed by atoms with Crippen LogP contribution in [-0.4, -0.2) is 57.1 Å². The van der Waals surface area contributed by atoms with Crippen LogP contribution in [0, 0.1) is 11.8 Å². The van der Waals surface area contributed by atoms with Crippen LogP contribution in [0.5, 0.6) is 0 Å². The molecule has 1 heterocycles. The predicted molar refractivity (Wildman–Crippen MR) is 195 cm³/mol. The fourth-order valence-electron chi connectivity index (χ4n) is 6.87. The smallest absolute Gasteiger partial charge is 0.336 e. The van der Waals surface area contributed by atoms with Gasteiger partial charge in [-0.25, -0.2) is 4.79 Å². The van der Waals surface area contributed by atoms with Gasteiger partial charge in [0.2, 0.25) is 5.91 Å². The standard InChI is InChI=1S/C40H57NO6S/c1-5-7-8-12-21-29-47-30-22-13-10-9-11-20-27-34(39(46,28-6-2)37(43)44)36(42)41-35(31(3)4)40(48-38(41)45,32-23-16-14-17-24-32)33-25-18-15-19-26-33/h14-20,23-27,31,34-35,46H,5-13,21-22,28-30H2,1-4H3,(H,43,44). The van der Waals surface area contributed by atoms with Gasteiger partial charge in [-0.3, -0.25) is 14.5 Å². The van der Waals surface area contributed by atoms with Gasteiger partial charge in [0.25, 0.3) is 5.24 Å². The van der Waals surface area contributed by atoms with E-state index in [0.717, 1.165) is 68.2 Å². The molecule has 2 N–H and O–H groups in total.